The van der Waals surface area contributed by atoms with E-state index in [4.69, 9.17) is 5.73 Å². The van der Waals surface area contributed by atoms with Crippen LogP contribution >= 0.6 is 0 Å². The van der Waals surface area contributed by atoms with Crippen LogP contribution in [-0.2, 0) is 13.0 Å². The number of primary amides is 1. The van der Waals surface area contributed by atoms with Gasteiger partial charge in [0, 0.05) is 12.1 Å². The number of aromatic nitrogens is 1. The SMILES string of the molecule is NC(=O)c1cc[n+]2c(c1)CC2. The normalized spacial score (nSPS) is 13.5. The molecule has 0 aromatic carbocycles. The second kappa shape index (κ2) is 2.05. The van der Waals surface area contributed by atoms with Crippen molar-refractivity contribution in [1.29, 1.82) is 0 Å². The lowest BCUT2D eigenvalue weighted by Crippen LogP contribution is -2.48. The van der Waals surface area contributed by atoms with Gasteiger partial charge in [0.15, 0.2) is 18.4 Å². The van der Waals surface area contributed by atoms with Gasteiger partial charge >= 0.3 is 0 Å². The highest BCUT2D eigenvalue weighted by Crippen LogP contribution is 2.06. The summed E-state index contributed by atoms with van der Waals surface area (Å²) in [5.41, 5.74) is 6.91. The first-order valence-electron chi connectivity index (χ1n) is 3.59. The van der Waals surface area contributed by atoms with Crippen molar-refractivity contribution < 1.29 is 9.36 Å². The van der Waals surface area contributed by atoms with Crippen molar-refractivity contribution in [3.63, 3.8) is 0 Å². The minimum absolute atomic E-state index is 0.347. The summed E-state index contributed by atoms with van der Waals surface area (Å²) >= 11 is 0. The number of carbonyl (C=O) groups is 1. The fourth-order valence-electron chi connectivity index (χ4n) is 1.25. The molecular formula is C8H9N2O+. The molecule has 11 heavy (non-hydrogen) atoms. The summed E-state index contributed by atoms with van der Waals surface area (Å²) in [5.74, 6) is -0.347. The Morgan fingerprint density at radius 3 is 2.91 bits per heavy atom. The molecule has 1 aromatic heterocycles. The number of aryl methyl sites for hydroxylation is 2. The fourth-order valence-corrected chi connectivity index (χ4v) is 1.25. The number of rotatable bonds is 1. The Balaban J connectivity index is 2.46. The standard InChI is InChI=1S/C8H8N2O/c9-8(11)6-1-3-10-4-2-7(10)5-6/h1,3,5H,2,4H2,(H-,9,11)/p+1. The first-order valence-corrected chi connectivity index (χ1v) is 3.59. The Hall–Kier alpha value is -1.38. The summed E-state index contributed by atoms with van der Waals surface area (Å²) in [6.45, 7) is 1.06. The zero-order valence-corrected chi connectivity index (χ0v) is 6.08. The minimum Gasteiger partial charge on any atom is -0.366 e. The number of hydrogen-bond donors (Lipinski definition) is 1. The van der Waals surface area contributed by atoms with Gasteiger partial charge in [0.05, 0.1) is 12.0 Å². The Morgan fingerprint density at radius 1 is 1.64 bits per heavy atom. The first kappa shape index (κ1) is 6.34. The fraction of sp³-hybridized carbons (Fsp3) is 0.250. The second-order valence-electron chi connectivity index (χ2n) is 2.71. The van der Waals surface area contributed by atoms with Gasteiger partial charge in [-0.15, -0.1) is 0 Å². The molecular weight excluding hydrogens is 140 g/mol. The van der Waals surface area contributed by atoms with E-state index in [0.717, 1.165) is 13.0 Å². The predicted octanol–water partition coefficient (Wildman–Crippen LogP) is -0.371. The highest BCUT2D eigenvalue weighted by atomic mass is 16.1. The number of hydrogen-bond acceptors (Lipinski definition) is 1. The van der Waals surface area contributed by atoms with Crippen molar-refractivity contribution >= 4 is 5.91 Å². The number of nitrogens with zero attached hydrogens (tertiary/aromatic N) is 1. The van der Waals surface area contributed by atoms with Gasteiger partial charge in [-0.25, -0.2) is 4.57 Å². The largest absolute Gasteiger partial charge is 0.366 e. The zero-order chi connectivity index (χ0) is 7.84. The Bertz CT molecular complexity index is 320. The van der Waals surface area contributed by atoms with Crippen molar-refractivity contribution in [3.05, 3.63) is 29.6 Å². The van der Waals surface area contributed by atoms with Crippen LogP contribution < -0.4 is 10.3 Å². The summed E-state index contributed by atoms with van der Waals surface area (Å²) in [5, 5.41) is 0. The van der Waals surface area contributed by atoms with Crippen LogP contribution in [0.2, 0.25) is 0 Å². The van der Waals surface area contributed by atoms with Gasteiger partial charge in [0.25, 0.3) is 0 Å². The molecule has 0 bridgehead atoms. The number of pyridine rings is 1. The van der Waals surface area contributed by atoms with Crippen LogP contribution in [0.4, 0.5) is 0 Å². The van der Waals surface area contributed by atoms with Gasteiger partial charge in [-0.1, -0.05) is 0 Å². The average Bonchev–Trinajstić information content (AvgIpc) is 1.91. The third-order valence-electron chi connectivity index (χ3n) is 2.02. The van der Waals surface area contributed by atoms with E-state index in [-0.39, 0.29) is 5.91 Å². The van der Waals surface area contributed by atoms with Crippen LogP contribution in [0.3, 0.4) is 0 Å². The van der Waals surface area contributed by atoms with Gasteiger partial charge < -0.3 is 5.73 Å². The molecule has 1 aliphatic rings. The lowest BCUT2D eigenvalue weighted by molar-refractivity contribution is -0.740. The molecule has 3 heteroatoms. The molecule has 2 N–H and O–H groups in total. The van der Waals surface area contributed by atoms with E-state index in [9.17, 15) is 4.79 Å². The van der Waals surface area contributed by atoms with E-state index in [1.807, 2.05) is 12.3 Å². The number of fused-ring (bicyclic) bond motifs is 1. The molecule has 0 unspecified atom stereocenters. The monoisotopic (exact) mass is 149 g/mol. The molecule has 1 aromatic rings. The Morgan fingerprint density at radius 2 is 2.45 bits per heavy atom. The average molecular weight is 149 g/mol. The smallest absolute Gasteiger partial charge is 0.249 e. The summed E-state index contributed by atoms with van der Waals surface area (Å²) < 4.78 is 2.10. The van der Waals surface area contributed by atoms with Crippen molar-refractivity contribution in [1.82, 2.24) is 0 Å². The second-order valence-corrected chi connectivity index (χ2v) is 2.71. The molecule has 3 nitrogen and oxygen atoms in total. The maximum absolute atomic E-state index is 10.7. The molecule has 0 spiro atoms. The maximum Gasteiger partial charge on any atom is 0.249 e. The van der Waals surface area contributed by atoms with Crippen molar-refractivity contribution in [2.24, 2.45) is 5.73 Å². The third kappa shape index (κ3) is 0.888. The van der Waals surface area contributed by atoms with Gasteiger partial charge in [0.1, 0.15) is 0 Å². The van der Waals surface area contributed by atoms with E-state index in [1.165, 1.54) is 5.69 Å². The van der Waals surface area contributed by atoms with Crippen LogP contribution in [0.25, 0.3) is 0 Å². The molecule has 0 saturated carbocycles. The predicted molar refractivity (Wildman–Crippen MR) is 38.9 cm³/mol. The summed E-state index contributed by atoms with van der Waals surface area (Å²) in [7, 11) is 0. The van der Waals surface area contributed by atoms with Gasteiger partial charge in [-0.2, -0.15) is 0 Å². The zero-order valence-electron chi connectivity index (χ0n) is 6.08. The molecule has 0 aliphatic carbocycles. The van der Waals surface area contributed by atoms with Crippen LogP contribution in [0.5, 0.6) is 0 Å². The summed E-state index contributed by atoms with van der Waals surface area (Å²) in [4.78, 5) is 10.7. The molecule has 1 aliphatic heterocycles. The van der Waals surface area contributed by atoms with E-state index < -0.39 is 0 Å². The van der Waals surface area contributed by atoms with Crippen molar-refractivity contribution in [2.45, 2.75) is 13.0 Å². The molecule has 56 valence electrons. The van der Waals surface area contributed by atoms with Crippen LogP contribution in [-0.4, -0.2) is 5.91 Å². The third-order valence-corrected chi connectivity index (χ3v) is 2.02. The lowest BCUT2D eigenvalue weighted by atomic mass is 10.1. The van der Waals surface area contributed by atoms with Crippen molar-refractivity contribution in [2.75, 3.05) is 0 Å². The van der Waals surface area contributed by atoms with Crippen LogP contribution in [0, 0.1) is 0 Å². The highest BCUT2D eigenvalue weighted by molar-refractivity contribution is 5.92. The minimum atomic E-state index is -0.347. The van der Waals surface area contributed by atoms with Crippen molar-refractivity contribution in [3.8, 4) is 0 Å². The molecule has 0 atom stereocenters. The highest BCUT2D eigenvalue weighted by Gasteiger charge is 2.22. The molecule has 2 rings (SSSR count). The molecule has 0 saturated heterocycles. The molecule has 1 amide bonds. The topological polar surface area (TPSA) is 47.0 Å². The molecule has 0 fully saturated rings. The van der Waals surface area contributed by atoms with E-state index in [1.54, 1.807) is 6.07 Å². The lowest BCUT2D eigenvalue weighted by Gasteiger charge is -2.10. The summed E-state index contributed by atoms with van der Waals surface area (Å²) in [6.07, 6.45) is 2.96. The van der Waals surface area contributed by atoms with Gasteiger partial charge in [0.2, 0.25) is 5.91 Å². The van der Waals surface area contributed by atoms with Crippen LogP contribution in [0.1, 0.15) is 16.1 Å². The number of amides is 1. The number of nitrogens with two attached hydrogens (primary N) is 1. The summed E-state index contributed by atoms with van der Waals surface area (Å²) in [6, 6.07) is 3.61. The van der Waals surface area contributed by atoms with Crippen LogP contribution in [0.15, 0.2) is 18.3 Å². The van der Waals surface area contributed by atoms with Gasteiger partial charge in [-0.05, 0) is 0 Å². The maximum atomic E-state index is 10.7. The van der Waals surface area contributed by atoms with E-state index in [0.29, 0.717) is 5.56 Å². The first-order chi connectivity index (χ1) is 5.27. The van der Waals surface area contributed by atoms with E-state index in [2.05, 4.69) is 4.57 Å². The van der Waals surface area contributed by atoms with Gasteiger partial charge in [-0.3, -0.25) is 4.79 Å². The van der Waals surface area contributed by atoms with E-state index >= 15 is 0 Å². The molecule has 2 heterocycles. The molecule has 0 radical (unpaired) electrons. The number of carbonyl (C=O) groups excluding carboxylic acids is 1. The quantitative estimate of drug-likeness (QED) is 0.544. The Kier molecular flexibility index (Phi) is 1.18. The Labute approximate surface area is 64.5 Å².